The molecular formula is C13H21NO2. The molecule has 3 nitrogen and oxygen atoms in total. The Morgan fingerprint density at radius 3 is 2.62 bits per heavy atom. The zero-order valence-electron chi connectivity index (χ0n) is 10.2. The second kappa shape index (κ2) is 5.87. The lowest BCUT2D eigenvalue weighted by Gasteiger charge is -2.17. The van der Waals surface area contributed by atoms with Gasteiger partial charge in [-0.25, -0.2) is 0 Å². The summed E-state index contributed by atoms with van der Waals surface area (Å²) >= 11 is 0. The van der Waals surface area contributed by atoms with Crippen LogP contribution < -0.4 is 5.32 Å². The molecule has 0 bridgehead atoms. The second-order valence-corrected chi connectivity index (χ2v) is 4.25. The van der Waals surface area contributed by atoms with Crippen LogP contribution in [0, 0.1) is 6.92 Å². The van der Waals surface area contributed by atoms with E-state index in [2.05, 4.69) is 5.32 Å². The highest BCUT2D eigenvalue weighted by molar-refractivity contribution is 5.37. The molecule has 0 heterocycles. The Bertz CT molecular complexity index is 339. The van der Waals surface area contributed by atoms with Crippen molar-refractivity contribution in [3.05, 3.63) is 29.3 Å². The first kappa shape index (κ1) is 13.0. The normalized spacial score (nSPS) is 14.8. The highest BCUT2D eigenvalue weighted by Gasteiger charge is 2.11. The molecule has 0 aromatic heterocycles. The number of benzene rings is 1. The first-order valence-electron chi connectivity index (χ1n) is 5.75. The van der Waals surface area contributed by atoms with E-state index < -0.39 is 0 Å². The van der Waals surface area contributed by atoms with Gasteiger partial charge in [-0.15, -0.1) is 0 Å². The zero-order chi connectivity index (χ0) is 12.1. The number of nitrogens with one attached hydrogen (secondary N) is 1. The lowest BCUT2D eigenvalue weighted by atomic mass is 10.0. The van der Waals surface area contributed by atoms with E-state index in [9.17, 15) is 10.2 Å². The van der Waals surface area contributed by atoms with Crippen molar-refractivity contribution in [2.24, 2.45) is 0 Å². The fraction of sp³-hybridized carbons (Fsp3) is 0.538. The molecule has 2 atom stereocenters. The number of aliphatic hydroxyl groups is 1. The molecule has 2 unspecified atom stereocenters. The predicted molar refractivity (Wildman–Crippen MR) is 65.6 cm³/mol. The van der Waals surface area contributed by atoms with Gasteiger partial charge in [-0.3, -0.25) is 0 Å². The van der Waals surface area contributed by atoms with Gasteiger partial charge in [0.1, 0.15) is 5.75 Å². The van der Waals surface area contributed by atoms with Crippen LogP contribution in [-0.2, 0) is 0 Å². The van der Waals surface area contributed by atoms with E-state index in [0.29, 0.717) is 12.3 Å². The first-order valence-corrected chi connectivity index (χ1v) is 5.75. The van der Waals surface area contributed by atoms with Crippen molar-refractivity contribution >= 4 is 0 Å². The van der Waals surface area contributed by atoms with Gasteiger partial charge in [0, 0.05) is 18.2 Å². The van der Waals surface area contributed by atoms with E-state index in [4.69, 9.17) is 0 Å². The molecule has 0 aliphatic carbocycles. The topological polar surface area (TPSA) is 52.5 Å². The third kappa shape index (κ3) is 3.51. The number of phenolic OH excluding ortho intramolecular Hbond substituents is 1. The molecule has 0 radical (unpaired) electrons. The van der Waals surface area contributed by atoms with Gasteiger partial charge in [-0.05, 0) is 31.9 Å². The number of aryl methyl sites for hydroxylation is 1. The van der Waals surface area contributed by atoms with E-state index in [1.807, 2.05) is 32.9 Å². The maximum absolute atomic E-state index is 9.78. The minimum absolute atomic E-state index is 0.0433. The maximum atomic E-state index is 9.78. The molecule has 0 aliphatic heterocycles. The van der Waals surface area contributed by atoms with Crippen molar-refractivity contribution in [3.8, 4) is 5.75 Å². The summed E-state index contributed by atoms with van der Waals surface area (Å²) in [6, 6.07) is 5.69. The van der Waals surface area contributed by atoms with E-state index >= 15 is 0 Å². The van der Waals surface area contributed by atoms with Gasteiger partial charge in [0.05, 0.1) is 6.10 Å². The van der Waals surface area contributed by atoms with E-state index in [0.717, 1.165) is 17.5 Å². The van der Waals surface area contributed by atoms with Crippen LogP contribution in [0.2, 0.25) is 0 Å². The zero-order valence-corrected chi connectivity index (χ0v) is 10.2. The van der Waals surface area contributed by atoms with Crippen LogP contribution in [0.3, 0.4) is 0 Å². The van der Waals surface area contributed by atoms with Crippen LogP contribution >= 0.6 is 0 Å². The van der Waals surface area contributed by atoms with E-state index in [1.165, 1.54) is 0 Å². The summed E-state index contributed by atoms with van der Waals surface area (Å²) in [6.07, 6.45) is 0.412. The van der Waals surface area contributed by atoms with E-state index in [1.54, 1.807) is 6.07 Å². The number of phenols is 1. The molecule has 0 spiro atoms. The fourth-order valence-electron chi connectivity index (χ4n) is 1.59. The minimum atomic E-state index is -0.324. The van der Waals surface area contributed by atoms with Gasteiger partial charge in [0.2, 0.25) is 0 Å². The van der Waals surface area contributed by atoms with Gasteiger partial charge >= 0.3 is 0 Å². The van der Waals surface area contributed by atoms with Gasteiger partial charge in [0.15, 0.2) is 0 Å². The largest absolute Gasteiger partial charge is 0.508 e. The Hall–Kier alpha value is -1.06. The Morgan fingerprint density at radius 1 is 1.38 bits per heavy atom. The summed E-state index contributed by atoms with van der Waals surface area (Å²) in [5.41, 5.74) is 1.91. The average molecular weight is 223 g/mol. The van der Waals surface area contributed by atoms with Crippen molar-refractivity contribution in [2.75, 3.05) is 6.54 Å². The van der Waals surface area contributed by atoms with Gasteiger partial charge < -0.3 is 15.5 Å². The van der Waals surface area contributed by atoms with Crippen LogP contribution in [0.25, 0.3) is 0 Å². The monoisotopic (exact) mass is 223 g/mol. The molecule has 90 valence electrons. The van der Waals surface area contributed by atoms with Crippen molar-refractivity contribution in [1.29, 1.82) is 0 Å². The fourth-order valence-corrected chi connectivity index (χ4v) is 1.59. The molecule has 16 heavy (non-hydrogen) atoms. The van der Waals surface area contributed by atoms with Crippen molar-refractivity contribution in [2.45, 2.75) is 39.3 Å². The molecule has 1 aromatic rings. The molecule has 0 amide bonds. The summed E-state index contributed by atoms with van der Waals surface area (Å²) in [7, 11) is 0. The van der Waals surface area contributed by atoms with Crippen LogP contribution in [0.5, 0.6) is 5.75 Å². The molecule has 1 aromatic carbocycles. The number of hydrogen-bond acceptors (Lipinski definition) is 3. The summed E-state index contributed by atoms with van der Waals surface area (Å²) in [6.45, 7) is 6.42. The summed E-state index contributed by atoms with van der Waals surface area (Å²) in [4.78, 5) is 0. The Labute approximate surface area is 97.1 Å². The number of rotatable bonds is 5. The minimum Gasteiger partial charge on any atom is -0.508 e. The summed E-state index contributed by atoms with van der Waals surface area (Å²) < 4.78 is 0. The highest BCUT2D eigenvalue weighted by Crippen LogP contribution is 2.24. The summed E-state index contributed by atoms with van der Waals surface area (Å²) in [5, 5.41) is 22.4. The average Bonchev–Trinajstić information content (AvgIpc) is 2.25. The molecule has 0 fully saturated rings. The van der Waals surface area contributed by atoms with Gasteiger partial charge in [-0.2, -0.15) is 0 Å². The maximum Gasteiger partial charge on any atom is 0.120 e. The third-order valence-electron chi connectivity index (χ3n) is 2.78. The standard InChI is InChI=1S/C13H21NO2/c1-4-11(15)8-14-10(3)12-6-5-9(2)7-13(12)16/h5-7,10-11,14-16H,4,8H2,1-3H3. The molecule has 1 rings (SSSR count). The second-order valence-electron chi connectivity index (χ2n) is 4.25. The first-order chi connectivity index (χ1) is 7.54. The van der Waals surface area contributed by atoms with E-state index in [-0.39, 0.29) is 12.1 Å². The highest BCUT2D eigenvalue weighted by atomic mass is 16.3. The van der Waals surface area contributed by atoms with Crippen LogP contribution in [0.1, 0.15) is 37.4 Å². The Balaban J connectivity index is 2.62. The van der Waals surface area contributed by atoms with Crippen molar-refractivity contribution in [1.82, 2.24) is 5.32 Å². The lowest BCUT2D eigenvalue weighted by Crippen LogP contribution is -2.28. The van der Waals surface area contributed by atoms with Crippen molar-refractivity contribution < 1.29 is 10.2 Å². The molecular weight excluding hydrogens is 202 g/mol. The Morgan fingerprint density at radius 2 is 2.06 bits per heavy atom. The number of aliphatic hydroxyl groups excluding tert-OH is 1. The van der Waals surface area contributed by atoms with Gasteiger partial charge in [0.25, 0.3) is 0 Å². The van der Waals surface area contributed by atoms with Crippen LogP contribution in [0.15, 0.2) is 18.2 Å². The predicted octanol–water partition coefficient (Wildman–Crippen LogP) is 2.12. The molecule has 3 heteroatoms. The number of hydrogen-bond donors (Lipinski definition) is 3. The lowest BCUT2D eigenvalue weighted by molar-refractivity contribution is 0.163. The molecule has 0 aliphatic rings. The smallest absolute Gasteiger partial charge is 0.120 e. The third-order valence-corrected chi connectivity index (χ3v) is 2.78. The molecule has 0 saturated heterocycles. The SMILES string of the molecule is CCC(O)CNC(C)c1ccc(C)cc1O. The van der Waals surface area contributed by atoms with Crippen LogP contribution in [0.4, 0.5) is 0 Å². The molecule has 0 saturated carbocycles. The van der Waals surface area contributed by atoms with Crippen LogP contribution in [-0.4, -0.2) is 22.9 Å². The molecule has 3 N–H and O–H groups in total. The number of aromatic hydroxyl groups is 1. The summed E-state index contributed by atoms with van der Waals surface area (Å²) in [5.74, 6) is 0.311. The Kier molecular flexibility index (Phi) is 4.77. The van der Waals surface area contributed by atoms with Gasteiger partial charge in [-0.1, -0.05) is 19.1 Å². The van der Waals surface area contributed by atoms with Crippen molar-refractivity contribution in [3.63, 3.8) is 0 Å². The quantitative estimate of drug-likeness (QED) is 0.716.